The first kappa shape index (κ1) is 92.4. The number of alkyl halides is 2. The number of carbonyl (C=O) groups excluding carboxylic acids is 5. The van der Waals surface area contributed by atoms with E-state index < -0.39 is 22.9 Å². The Kier molecular flexibility index (Phi) is 68.9. The molecule has 0 atom stereocenters. The smallest absolute Gasteiger partial charge is 0.870 e. The molecule has 439 valence electrons. The molecule has 0 saturated heterocycles. The summed E-state index contributed by atoms with van der Waals surface area (Å²) in [6.07, 6.45) is 21.9. The topological polar surface area (TPSA) is 272 Å². The van der Waals surface area contributed by atoms with E-state index in [1.54, 1.807) is 0 Å². The number of esters is 4. The number of nitrogens with zero attached hydrogens (tertiary/aromatic N) is 3. The number of nitrogens with one attached hydrogen (secondary N) is 2. The van der Waals surface area contributed by atoms with Crippen LogP contribution in [0.25, 0.3) is 9.69 Å². The third-order valence-corrected chi connectivity index (χ3v) is 14.3. The Balaban J connectivity index is -0.000000124. The number of halogens is 2. The molecule has 0 aromatic carbocycles. The fourth-order valence-corrected chi connectivity index (χ4v) is 9.25. The van der Waals surface area contributed by atoms with Crippen LogP contribution in [0.1, 0.15) is 176 Å². The fourth-order valence-electron chi connectivity index (χ4n) is 8.46. The fraction of sp³-hybridized carbons (Fsp3) is 0.836. The normalized spacial score (nSPS) is 15.7. The van der Waals surface area contributed by atoms with Crippen molar-refractivity contribution < 1.29 is 107 Å². The number of carboxylic acid groups (broad SMARTS) is 1. The summed E-state index contributed by atoms with van der Waals surface area (Å²) in [6.45, 7) is 34.3. The molecule has 0 heterocycles. The molecule has 78 heavy (non-hydrogen) atoms. The zero-order valence-electron chi connectivity index (χ0n) is 50.0. The van der Waals surface area contributed by atoms with Gasteiger partial charge >= 0.3 is 90.3 Å². The van der Waals surface area contributed by atoms with Gasteiger partial charge in [-0.3, -0.25) is 19.2 Å². The monoisotopic (exact) mass is 1230 g/mol. The number of carboxylic acids is 1. The third-order valence-electron chi connectivity index (χ3n) is 13.2. The summed E-state index contributed by atoms with van der Waals surface area (Å²) in [5.74, 6) is 0.325. The third kappa shape index (κ3) is 41.9. The molecule has 6 N–H and O–H groups in total. The number of aliphatic carboxylic acids is 1. The number of rotatable bonds is 21. The maximum Gasteiger partial charge on any atom is 1.00 e. The van der Waals surface area contributed by atoms with Crippen LogP contribution in [-0.4, -0.2) is 139 Å². The summed E-state index contributed by atoms with van der Waals surface area (Å²) in [4.78, 5) is 71.1. The molecule has 4 rings (SSSR count). The Morgan fingerprint density at radius 2 is 0.987 bits per heavy atom. The average molecular weight is 1240 g/mol. The number of aldehydes is 1. The van der Waals surface area contributed by atoms with Gasteiger partial charge in [-0.15, -0.1) is 0 Å². The van der Waals surface area contributed by atoms with Crippen molar-refractivity contribution >= 4 is 76.4 Å². The molecule has 0 aromatic rings. The van der Waals surface area contributed by atoms with E-state index in [0.717, 1.165) is 139 Å². The minimum atomic E-state index is -0.825. The molecule has 0 unspecified atom stereocenters. The molecule has 0 spiro atoms. The number of ether oxygens (including phenoxy) is 4. The Labute approximate surface area is 524 Å². The van der Waals surface area contributed by atoms with Gasteiger partial charge < -0.3 is 67.4 Å². The predicted molar refractivity (Wildman–Crippen MR) is 306 cm³/mol. The Hall–Kier alpha value is -2.05. The van der Waals surface area contributed by atoms with Crippen LogP contribution >= 0.6 is 31.9 Å². The maximum absolute atomic E-state index is 11.8. The average Bonchev–Trinajstić information content (AvgIpc) is 4.26. The van der Waals surface area contributed by atoms with Crippen LogP contribution in [0.4, 0.5) is 0 Å². The molecule has 18 nitrogen and oxygen atoms in total. The van der Waals surface area contributed by atoms with Gasteiger partial charge in [0.2, 0.25) is 0 Å². The van der Waals surface area contributed by atoms with Gasteiger partial charge in [-0.2, -0.15) is 0 Å². The number of methoxy groups -OCH3 is 4. The van der Waals surface area contributed by atoms with Crippen LogP contribution in [0, 0.1) is 59.0 Å². The van der Waals surface area contributed by atoms with Crippen LogP contribution < -0.4 is 64.8 Å². The Morgan fingerprint density at radius 3 is 1.24 bits per heavy atom. The van der Waals surface area contributed by atoms with Crippen molar-refractivity contribution in [2.24, 2.45) is 39.7 Å². The second-order valence-corrected chi connectivity index (χ2v) is 21.9. The minimum absolute atomic E-state index is 0. The summed E-state index contributed by atoms with van der Waals surface area (Å²) in [5, 5.41) is 24.5. The largest absolute Gasteiger partial charge is 1.00 e. The summed E-state index contributed by atoms with van der Waals surface area (Å²) in [7, 11) is 5.52. The molecular formula is C55H98BBr2LiN6NaO12. The van der Waals surface area contributed by atoms with Gasteiger partial charge in [-0.05, 0) is 108 Å². The summed E-state index contributed by atoms with van der Waals surface area (Å²) in [5.41, 5.74) is 3.69. The van der Waals surface area contributed by atoms with E-state index in [-0.39, 0.29) is 97.6 Å². The van der Waals surface area contributed by atoms with Gasteiger partial charge in [0.05, 0.1) is 44.7 Å². The van der Waals surface area contributed by atoms with E-state index in [2.05, 4.69) is 89.4 Å². The van der Waals surface area contributed by atoms with Crippen molar-refractivity contribution in [3.05, 3.63) is 29.4 Å². The van der Waals surface area contributed by atoms with E-state index >= 15 is 0 Å². The van der Waals surface area contributed by atoms with Crippen molar-refractivity contribution in [1.82, 2.24) is 10.6 Å². The van der Waals surface area contributed by atoms with E-state index in [1.807, 2.05) is 13.8 Å². The zero-order chi connectivity index (χ0) is 57.5. The van der Waals surface area contributed by atoms with E-state index in [1.165, 1.54) is 41.3 Å². The number of unbranched alkanes of at least 4 members (excludes halogenated alkanes) is 1. The van der Waals surface area contributed by atoms with Gasteiger partial charge in [0, 0.05) is 58.0 Å². The van der Waals surface area contributed by atoms with Crippen molar-refractivity contribution in [3.8, 4) is 0 Å². The summed E-state index contributed by atoms with van der Waals surface area (Å²) < 4.78 is 18.4. The molecular weight excluding hydrogens is 1140 g/mol. The van der Waals surface area contributed by atoms with E-state index in [9.17, 15) is 33.9 Å². The minimum Gasteiger partial charge on any atom is -0.870 e. The second-order valence-electron chi connectivity index (χ2n) is 20.3. The molecule has 23 heteroatoms. The Bertz CT molecular complexity index is 1620. The number of nitrogens with two attached hydrogens (primary N) is 1. The van der Waals surface area contributed by atoms with Gasteiger partial charge in [0.1, 0.15) is 6.29 Å². The molecule has 4 fully saturated rings. The van der Waals surface area contributed by atoms with Crippen LogP contribution in [0.5, 0.6) is 0 Å². The number of hydrogen-bond acceptors (Lipinski definition) is 15. The molecule has 4 aliphatic carbocycles. The van der Waals surface area contributed by atoms with Gasteiger partial charge in [-0.25, -0.2) is 22.7 Å². The molecule has 0 amide bonds. The molecule has 3 radical (unpaired) electrons. The van der Waals surface area contributed by atoms with Crippen LogP contribution in [0.2, 0.25) is 0 Å². The van der Waals surface area contributed by atoms with Crippen molar-refractivity contribution in [1.29, 1.82) is 5.26 Å². The first-order valence-corrected chi connectivity index (χ1v) is 28.6. The van der Waals surface area contributed by atoms with Crippen LogP contribution in [0.15, 0.2) is 0 Å². The maximum atomic E-state index is 11.8. The van der Waals surface area contributed by atoms with Crippen molar-refractivity contribution in [2.75, 3.05) is 78.4 Å². The molecule has 0 aliphatic heterocycles. The Morgan fingerprint density at radius 1 is 0.641 bits per heavy atom. The summed E-state index contributed by atoms with van der Waals surface area (Å²) in [6, 6.07) is 0. The molecule has 0 bridgehead atoms. The van der Waals surface area contributed by atoms with Crippen molar-refractivity contribution in [3.63, 3.8) is 0 Å². The van der Waals surface area contributed by atoms with Gasteiger partial charge in [0.15, 0.2) is 0 Å². The quantitative estimate of drug-likeness (QED) is 0.0240. The number of carbonyl (C=O) groups is 6. The SMILES string of the molecule is BrCCCCBr.CC(C)CC=O.CC(C)CCNCC1(C(=O)O)CCCC1.COC(=O)C1(CN)CCCC1.COC(=O)C1(CNCCC(C)C)CCCC1.[B].[C-]#N.[C-]#[N+]C1(C(=O)OC)CCCC1.[C-]#[N+]CC(=O)OC.[Li+].[Na+].[OH-]. The van der Waals surface area contributed by atoms with E-state index in [0.29, 0.717) is 50.1 Å². The van der Waals surface area contributed by atoms with Gasteiger partial charge in [0.25, 0.3) is 0 Å². The van der Waals surface area contributed by atoms with E-state index in [4.69, 9.17) is 40.2 Å². The molecule has 4 aliphatic rings. The van der Waals surface area contributed by atoms with Crippen molar-refractivity contribution in [2.45, 2.75) is 182 Å². The number of hydrogen-bond donors (Lipinski definition) is 4. The van der Waals surface area contributed by atoms with Gasteiger partial charge in [-0.1, -0.05) is 112 Å². The van der Waals surface area contributed by atoms with Crippen LogP contribution in [-0.2, 0) is 47.7 Å². The summed E-state index contributed by atoms with van der Waals surface area (Å²) >= 11 is 6.66. The standard InChI is InChI=1S/C13H25NO2.C12H23NO2.C8H11NO2.C8H15NO2.C5H10O.C4H8Br2.C4H5NO2.CN.B.Li.Na.H2O/c1-11(2)6-9-14-10-13(12(15)16-3)7-4-5-8-13;1-10(2)5-8-13-9-12(11(14)15)6-3-4-7-12;1-9-8(7(10)11-2)5-3-4-6-8;1-11-7(10)8(6-9)4-2-3-5-8;1-5(2)3-4-6;5-3-1-2-4-6;1-5-3-4(6)7-2;1-2;;;;/h11,14H,4-10H2,1-3H3;10,13H,3-9H2,1-2H3,(H,14,15);3-6H2,2H3;2-6,9H2,1H3;4-5H,3H2,1-2H3;1-4H2;3H2,2H3;;;;;1H2/q;;;;;;;-1;;2*+1;/p-1. The van der Waals surface area contributed by atoms with Crippen LogP contribution in [0.3, 0.4) is 0 Å². The molecule has 0 aromatic heterocycles. The predicted octanol–water partition coefficient (Wildman–Crippen LogP) is 4.11. The molecule has 4 saturated carbocycles. The first-order valence-electron chi connectivity index (χ1n) is 26.3. The second kappa shape index (κ2) is 58.2. The first-order chi connectivity index (χ1) is 35.2. The zero-order valence-corrected chi connectivity index (χ0v) is 55.2.